The summed E-state index contributed by atoms with van der Waals surface area (Å²) in [5.74, 6) is 0.437. The molecule has 33 heavy (non-hydrogen) atoms. The van der Waals surface area contributed by atoms with Crippen LogP contribution in [0.25, 0.3) is 33.4 Å². The van der Waals surface area contributed by atoms with Crippen molar-refractivity contribution in [1.29, 1.82) is 0 Å². The molecule has 2 N–H and O–H groups in total. The molecule has 3 aromatic heterocycles. The average Bonchev–Trinajstić information content (AvgIpc) is 3.25. The monoisotopic (exact) mass is 452 g/mol. The first-order chi connectivity index (χ1) is 15.8. The number of hydrogen-bond acceptors (Lipinski definition) is 5. The lowest BCUT2D eigenvalue weighted by Crippen LogP contribution is -2.15. The molecule has 0 spiro atoms. The minimum absolute atomic E-state index is 0.0616. The summed E-state index contributed by atoms with van der Waals surface area (Å²) >= 11 is 0. The van der Waals surface area contributed by atoms with Crippen molar-refractivity contribution < 1.29 is 18.3 Å². The van der Waals surface area contributed by atoms with Gasteiger partial charge in [-0.25, -0.2) is 9.97 Å². The van der Waals surface area contributed by atoms with Gasteiger partial charge in [0.25, 0.3) is 5.56 Å². The van der Waals surface area contributed by atoms with Gasteiger partial charge in [0.15, 0.2) is 0 Å². The number of nitrogens with zero attached hydrogens (tertiary/aromatic N) is 3. The Labute approximate surface area is 186 Å². The summed E-state index contributed by atoms with van der Waals surface area (Å²) in [7, 11) is 0. The molecule has 0 aliphatic heterocycles. The van der Waals surface area contributed by atoms with Gasteiger partial charge in [-0.2, -0.15) is 13.2 Å². The normalized spacial score (nSPS) is 18.7. The quantitative estimate of drug-likeness (QED) is 0.470. The number of fused-ring (bicyclic) bond motifs is 1. The number of aliphatic hydroxyl groups excluding tert-OH is 1. The standard InChI is InChI=1S/C24H19F3N4O2/c25-24(26,27)16-6-3-13(4-7-16)19-11-18-21(20(29-19)15-2-1-9-28-12-15)30-22(31-23(18)33)14-5-8-17(32)10-14/h1-4,6-7,9,11-12,14,17,32H,5,8,10H2,(H,30,31,33)/t14-,17+/m1/s1. The number of pyridine rings is 2. The zero-order valence-electron chi connectivity index (χ0n) is 17.3. The van der Waals surface area contributed by atoms with E-state index in [0.29, 0.717) is 46.7 Å². The highest BCUT2D eigenvalue weighted by Crippen LogP contribution is 2.35. The fourth-order valence-corrected chi connectivity index (χ4v) is 4.24. The number of rotatable bonds is 3. The summed E-state index contributed by atoms with van der Waals surface area (Å²) in [6.07, 6.45) is 0.225. The maximum Gasteiger partial charge on any atom is 0.416 e. The Hall–Kier alpha value is -3.59. The molecule has 2 atom stereocenters. The Morgan fingerprint density at radius 1 is 1.03 bits per heavy atom. The molecular formula is C24H19F3N4O2. The van der Waals surface area contributed by atoms with E-state index in [9.17, 15) is 23.1 Å². The zero-order valence-corrected chi connectivity index (χ0v) is 17.3. The molecule has 168 valence electrons. The number of hydrogen-bond donors (Lipinski definition) is 2. The van der Waals surface area contributed by atoms with E-state index in [1.54, 1.807) is 24.5 Å². The van der Waals surface area contributed by atoms with Gasteiger partial charge in [0.2, 0.25) is 0 Å². The molecule has 0 bridgehead atoms. The molecular weight excluding hydrogens is 433 g/mol. The highest BCUT2D eigenvalue weighted by molar-refractivity contribution is 5.93. The van der Waals surface area contributed by atoms with E-state index in [2.05, 4.69) is 15.0 Å². The van der Waals surface area contributed by atoms with Crippen molar-refractivity contribution in [2.45, 2.75) is 37.5 Å². The van der Waals surface area contributed by atoms with E-state index in [1.165, 1.54) is 18.2 Å². The first-order valence-corrected chi connectivity index (χ1v) is 10.5. The highest BCUT2D eigenvalue weighted by Gasteiger charge is 2.30. The van der Waals surface area contributed by atoms with Crippen LogP contribution in [0.2, 0.25) is 0 Å². The van der Waals surface area contributed by atoms with E-state index in [-0.39, 0.29) is 16.9 Å². The fourth-order valence-electron chi connectivity index (χ4n) is 4.24. The van der Waals surface area contributed by atoms with Crippen molar-refractivity contribution in [3.05, 3.63) is 76.6 Å². The van der Waals surface area contributed by atoms with Gasteiger partial charge in [-0.05, 0) is 49.6 Å². The van der Waals surface area contributed by atoms with Crippen molar-refractivity contribution in [1.82, 2.24) is 19.9 Å². The lowest BCUT2D eigenvalue weighted by molar-refractivity contribution is -0.137. The maximum atomic E-state index is 13.0. The molecule has 1 fully saturated rings. The van der Waals surface area contributed by atoms with Crippen LogP contribution in [0.15, 0.2) is 59.7 Å². The number of H-pyrrole nitrogens is 1. The van der Waals surface area contributed by atoms with Crippen LogP contribution in [0.1, 0.15) is 36.6 Å². The number of aliphatic hydroxyl groups is 1. The fraction of sp³-hybridized carbons (Fsp3) is 0.250. The Morgan fingerprint density at radius 2 is 1.82 bits per heavy atom. The van der Waals surface area contributed by atoms with E-state index < -0.39 is 17.8 Å². The summed E-state index contributed by atoms with van der Waals surface area (Å²) < 4.78 is 38.9. The maximum absolute atomic E-state index is 13.0. The lowest BCUT2D eigenvalue weighted by Gasteiger charge is -2.13. The van der Waals surface area contributed by atoms with Crippen LogP contribution in [0, 0.1) is 0 Å². The minimum atomic E-state index is -4.44. The lowest BCUT2D eigenvalue weighted by atomic mass is 10.0. The average molecular weight is 452 g/mol. The van der Waals surface area contributed by atoms with Gasteiger partial charge in [0, 0.05) is 29.4 Å². The van der Waals surface area contributed by atoms with Crippen LogP contribution in [0.4, 0.5) is 13.2 Å². The molecule has 6 nitrogen and oxygen atoms in total. The van der Waals surface area contributed by atoms with Gasteiger partial charge in [0.1, 0.15) is 11.3 Å². The third-order valence-electron chi connectivity index (χ3n) is 5.95. The van der Waals surface area contributed by atoms with Gasteiger partial charge < -0.3 is 10.1 Å². The van der Waals surface area contributed by atoms with Crippen LogP contribution < -0.4 is 5.56 Å². The molecule has 0 amide bonds. The van der Waals surface area contributed by atoms with Crippen molar-refractivity contribution >= 4 is 10.9 Å². The molecule has 1 aromatic carbocycles. The molecule has 1 aliphatic carbocycles. The number of nitrogens with one attached hydrogen (secondary N) is 1. The Bertz CT molecular complexity index is 1370. The van der Waals surface area contributed by atoms with Crippen LogP contribution in [-0.4, -0.2) is 31.1 Å². The summed E-state index contributed by atoms with van der Waals surface area (Å²) in [6, 6.07) is 9.70. The Morgan fingerprint density at radius 3 is 2.45 bits per heavy atom. The minimum Gasteiger partial charge on any atom is -0.393 e. The molecule has 1 aliphatic rings. The van der Waals surface area contributed by atoms with Gasteiger partial charge in [-0.3, -0.25) is 9.78 Å². The first kappa shape index (κ1) is 21.3. The van der Waals surface area contributed by atoms with Crippen LogP contribution in [-0.2, 0) is 6.18 Å². The Kier molecular flexibility index (Phi) is 5.20. The topological polar surface area (TPSA) is 91.8 Å². The molecule has 5 rings (SSSR count). The van der Waals surface area contributed by atoms with Crippen molar-refractivity contribution in [2.24, 2.45) is 0 Å². The zero-order chi connectivity index (χ0) is 23.2. The van der Waals surface area contributed by atoms with E-state index in [0.717, 1.165) is 18.6 Å². The smallest absolute Gasteiger partial charge is 0.393 e. The number of halogens is 3. The Balaban J connectivity index is 1.70. The summed E-state index contributed by atoms with van der Waals surface area (Å²) in [5, 5.41) is 10.2. The first-order valence-electron chi connectivity index (χ1n) is 10.5. The van der Waals surface area contributed by atoms with Gasteiger partial charge >= 0.3 is 6.18 Å². The second-order valence-electron chi connectivity index (χ2n) is 8.18. The van der Waals surface area contributed by atoms with Crippen molar-refractivity contribution in [3.63, 3.8) is 0 Å². The number of aromatic nitrogens is 4. The second-order valence-corrected chi connectivity index (χ2v) is 8.18. The number of alkyl halides is 3. The molecule has 0 radical (unpaired) electrons. The predicted octanol–water partition coefficient (Wildman–Crippen LogP) is 4.69. The molecule has 9 heteroatoms. The largest absolute Gasteiger partial charge is 0.416 e. The van der Waals surface area contributed by atoms with Crippen molar-refractivity contribution in [3.8, 4) is 22.5 Å². The summed E-state index contributed by atoms with van der Waals surface area (Å²) in [4.78, 5) is 29.4. The van der Waals surface area contributed by atoms with Gasteiger partial charge in [-0.1, -0.05) is 12.1 Å². The highest BCUT2D eigenvalue weighted by atomic mass is 19.4. The van der Waals surface area contributed by atoms with Crippen molar-refractivity contribution in [2.75, 3.05) is 0 Å². The molecule has 4 aromatic rings. The third kappa shape index (κ3) is 4.11. The predicted molar refractivity (Wildman–Crippen MR) is 116 cm³/mol. The number of benzene rings is 1. The third-order valence-corrected chi connectivity index (χ3v) is 5.95. The summed E-state index contributed by atoms with van der Waals surface area (Å²) in [5.41, 5.74) is 1.11. The van der Waals surface area contributed by atoms with E-state index >= 15 is 0 Å². The van der Waals surface area contributed by atoms with E-state index in [4.69, 9.17) is 4.98 Å². The summed E-state index contributed by atoms with van der Waals surface area (Å²) in [6.45, 7) is 0. The van der Waals surface area contributed by atoms with Crippen LogP contribution in [0.5, 0.6) is 0 Å². The van der Waals surface area contributed by atoms with E-state index in [1.807, 2.05) is 0 Å². The van der Waals surface area contributed by atoms with Crippen LogP contribution in [0.3, 0.4) is 0 Å². The second kappa shape index (κ2) is 8.08. The molecule has 1 saturated carbocycles. The van der Waals surface area contributed by atoms with Gasteiger partial charge in [-0.15, -0.1) is 0 Å². The molecule has 0 unspecified atom stereocenters. The van der Waals surface area contributed by atoms with Crippen LogP contribution >= 0.6 is 0 Å². The molecule has 3 heterocycles. The molecule has 0 saturated heterocycles. The number of aromatic amines is 1. The SMILES string of the molecule is O=c1[nH]c([C@@H]2CC[C@H](O)C2)nc2c(-c3cccnc3)nc(-c3ccc(C(F)(F)F)cc3)cc12. The van der Waals surface area contributed by atoms with Gasteiger partial charge in [0.05, 0.1) is 28.4 Å².